The van der Waals surface area contributed by atoms with Gasteiger partial charge in [0.25, 0.3) is 5.56 Å². The summed E-state index contributed by atoms with van der Waals surface area (Å²) in [6.07, 6.45) is -1.32. The van der Waals surface area contributed by atoms with Gasteiger partial charge in [-0.15, -0.1) is 11.8 Å². The fourth-order valence-corrected chi connectivity index (χ4v) is 2.21. The number of thioether (sulfide) groups is 1. The minimum atomic E-state index is -4.62. The van der Waals surface area contributed by atoms with Crippen molar-refractivity contribution in [2.45, 2.75) is 17.6 Å². The van der Waals surface area contributed by atoms with Gasteiger partial charge in [0.05, 0.1) is 6.54 Å². The summed E-state index contributed by atoms with van der Waals surface area (Å²) in [6, 6.07) is 9.39. The van der Waals surface area contributed by atoms with Gasteiger partial charge in [-0.3, -0.25) is 4.79 Å². The van der Waals surface area contributed by atoms with Crippen molar-refractivity contribution in [2.75, 3.05) is 6.26 Å². The molecular formula is C14H12F3NOS. The van der Waals surface area contributed by atoms with Crippen molar-refractivity contribution in [3.63, 3.8) is 0 Å². The molecule has 0 aliphatic rings. The first-order valence-electron chi connectivity index (χ1n) is 5.81. The van der Waals surface area contributed by atoms with Crippen molar-refractivity contribution in [3.05, 3.63) is 64.1 Å². The molecule has 0 atom stereocenters. The molecule has 0 aliphatic carbocycles. The Labute approximate surface area is 118 Å². The zero-order valence-electron chi connectivity index (χ0n) is 10.6. The Morgan fingerprint density at radius 2 is 1.80 bits per heavy atom. The molecule has 1 heterocycles. The number of benzene rings is 1. The van der Waals surface area contributed by atoms with Gasteiger partial charge in [0.1, 0.15) is 5.56 Å². The Morgan fingerprint density at radius 3 is 2.35 bits per heavy atom. The summed E-state index contributed by atoms with van der Waals surface area (Å²) in [5.74, 6) is 0. The number of aromatic nitrogens is 1. The number of alkyl halides is 3. The summed E-state index contributed by atoms with van der Waals surface area (Å²) in [4.78, 5) is 12.8. The molecule has 0 unspecified atom stereocenters. The first-order chi connectivity index (χ1) is 9.41. The van der Waals surface area contributed by atoms with Crippen LogP contribution in [0.5, 0.6) is 0 Å². The summed E-state index contributed by atoms with van der Waals surface area (Å²) in [5.41, 5.74) is -1.38. The molecule has 106 valence electrons. The molecule has 0 N–H and O–H groups in total. The zero-order valence-corrected chi connectivity index (χ0v) is 11.5. The monoisotopic (exact) mass is 299 g/mol. The predicted molar refractivity (Wildman–Crippen MR) is 73.0 cm³/mol. The molecular weight excluding hydrogens is 287 g/mol. The van der Waals surface area contributed by atoms with Gasteiger partial charge in [-0.05, 0) is 36.1 Å². The van der Waals surface area contributed by atoms with Crippen LogP contribution in [0.25, 0.3) is 0 Å². The highest BCUT2D eigenvalue weighted by molar-refractivity contribution is 7.98. The number of rotatable bonds is 3. The summed E-state index contributed by atoms with van der Waals surface area (Å²) in [6.45, 7) is 0.122. The third-order valence-electron chi connectivity index (χ3n) is 2.84. The van der Waals surface area contributed by atoms with Crippen LogP contribution in [0.4, 0.5) is 13.2 Å². The second-order valence-electron chi connectivity index (χ2n) is 4.20. The van der Waals surface area contributed by atoms with Gasteiger partial charge in [-0.2, -0.15) is 13.2 Å². The SMILES string of the molecule is CSc1ccc(Cn2cccc(C(F)(F)F)c2=O)cc1. The lowest BCUT2D eigenvalue weighted by atomic mass is 10.2. The van der Waals surface area contributed by atoms with Crippen LogP contribution in [0.1, 0.15) is 11.1 Å². The molecule has 0 aliphatic heterocycles. The number of halogens is 3. The largest absolute Gasteiger partial charge is 0.421 e. The smallest absolute Gasteiger partial charge is 0.311 e. The molecule has 0 spiro atoms. The minimum absolute atomic E-state index is 0.122. The summed E-state index contributed by atoms with van der Waals surface area (Å²) in [5, 5.41) is 0. The maximum Gasteiger partial charge on any atom is 0.421 e. The molecule has 0 amide bonds. The molecule has 0 radical (unpaired) electrons. The Morgan fingerprint density at radius 1 is 1.15 bits per heavy atom. The van der Waals surface area contributed by atoms with Gasteiger partial charge in [0.2, 0.25) is 0 Å². The average Bonchev–Trinajstić information content (AvgIpc) is 2.40. The first kappa shape index (κ1) is 14.7. The summed E-state index contributed by atoms with van der Waals surface area (Å²) in [7, 11) is 0. The van der Waals surface area contributed by atoms with Crippen molar-refractivity contribution in [1.82, 2.24) is 4.57 Å². The molecule has 2 nitrogen and oxygen atoms in total. The van der Waals surface area contributed by atoms with Crippen molar-refractivity contribution in [1.29, 1.82) is 0 Å². The van der Waals surface area contributed by atoms with E-state index in [1.807, 2.05) is 18.4 Å². The van der Waals surface area contributed by atoms with E-state index >= 15 is 0 Å². The van der Waals surface area contributed by atoms with Gasteiger partial charge in [0, 0.05) is 11.1 Å². The van der Waals surface area contributed by atoms with E-state index in [-0.39, 0.29) is 6.54 Å². The van der Waals surface area contributed by atoms with E-state index in [0.717, 1.165) is 21.1 Å². The number of pyridine rings is 1. The zero-order chi connectivity index (χ0) is 14.8. The molecule has 0 saturated carbocycles. The van der Waals surface area contributed by atoms with E-state index in [1.165, 1.54) is 12.3 Å². The number of hydrogen-bond acceptors (Lipinski definition) is 2. The lowest BCUT2D eigenvalue weighted by molar-refractivity contribution is -0.138. The van der Waals surface area contributed by atoms with Crippen LogP contribution in [0.3, 0.4) is 0 Å². The highest BCUT2D eigenvalue weighted by Gasteiger charge is 2.34. The molecule has 0 saturated heterocycles. The normalized spacial score (nSPS) is 11.6. The van der Waals surface area contributed by atoms with E-state index in [0.29, 0.717) is 0 Å². The topological polar surface area (TPSA) is 22.0 Å². The molecule has 6 heteroatoms. The van der Waals surface area contributed by atoms with E-state index in [1.54, 1.807) is 23.9 Å². The fraction of sp³-hybridized carbons (Fsp3) is 0.214. The van der Waals surface area contributed by atoms with Crippen LogP contribution in [0.2, 0.25) is 0 Å². The second kappa shape index (κ2) is 5.75. The standard InChI is InChI=1S/C14H12F3NOS/c1-20-11-6-4-10(5-7-11)9-18-8-2-3-12(13(18)19)14(15,16)17/h2-8H,9H2,1H3. The highest BCUT2D eigenvalue weighted by Crippen LogP contribution is 2.26. The van der Waals surface area contributed by atoms with Crippen LogP contribution in [0, 0.1) is 0 Å². The van der Waals surface area contributed by atoms with E-state index in [4.69, 9.17) is 0 Å². The molecule has 20 heavy (non-hydrogen) atoms. The molecule has 0 fully saturated rings. The second-order valence-corrected chi connectivity index (χ2v) is 5.08. The van der Waals surface area contributed by atoms with E-state index in [9.17, 15) is 18.0 Å². The average molecular weight is 299 g/mol. The van der Waals surface area contributed by atoms with Crippen molar-refractivity contribution < 1.29 is 13.2 Å². The third-order valence-corrected chi connectivity index (χ3v) is 3.58. The number of hydrogen-bond donors (Lipinski definition) is 0. The van der Waals surface area contributed by atoms with Gasteiger partial charge >= 0.3 is 6.18 Å². The van der Waals surface area contributed by atoms with Crippen LogP contribution >= 0.6 is 11.8 Å². The maximum atomic E-state index is 12.7. The fourth-order valence-electron chi connectivity index (χ4n) is 1.80. The van der Waals surface area contributed by atoms with Gasteiger partial charge in [0.15, 0.2) is 0 Å². The lowest BCUT2D eigenvalue weighted by Crippen LogP contribution is -2.28. The first-order valence-corrected chi connectivity index (χ1v) is 7.04. The molecule has 2 rings (SSSR count). The molecule has 1 aromatic heterocycles. The predicted octanol–water partition coefficient (Wildman–Crippen LogP) is 3.64. The minimum Gasteiger partial charge on any atom is -0.311 e. The molecule has 2 aromatic rings. The Balaban J connectivity index is 2.32. The van der Waals surface area contributed by atoms with Gasteiger partial charge < -0.3 is 4.57 Å². The number of nitrogens with zero attached hydrogens (tertiary/aromatic N) is 1. The lowest BCUT2D eigenvalue weighted by Gasteiger charge is -2.10. The molecule has 0 bridgehead atoms. The van der Waals surface area contributed by atoms with Crippen LogP contribution < -0.4 is 5.56 Å². The Bertz CT molecular complexity index is 647. The van der Waals surface area contributed by atoms with Gasteiger partial charge in [-0.1, -0.05) is 12.1 Å². The van der Waals surface area contributed by atoms with Crippen molar-refractivity contribution >= 4 is 11.8 Å². The Kier molecular flexibility index (Phi) is 4.23. The highest BCUT2D eigenvalue weighted by atomic mass is 32.2. The van der Waals surface area contributed by atoms with Crippen molar-refractivity contribution in [2.24, 2.45) is 0 Å². The van der Waals surface area contributed by atoms with Crippen LogP contribution in [-0.4, -0.2) is 10.8 Å². The van der Waals surface area contributed by atoms with Gasteiger partial charge in [-0.25, -0.2) is 0 Å². The van der Waals surface area contributed by atoms with Crippen LogP contribution in [0.15, 0.2) is 52.3 Å². The quantitative estimate of drug-likeness (QED) is 0.807. The van der Waals surface area contributed by atoms with E-state index < -0.39 is 17.3 Å². The summed E-state index contributed by atoms with van der Waals surface area (Å²) >= 11 is 1.58. The summed E-state index contributed by atoms with van der Waals surface area (Å²) < 4.78 is 39.0. The Hall–Kier alpha value is -1.69. The molecule has 1 aromatic carbocycles. The van der Waals surface area contributed by atoms with E-state index in [2.05, 4.69) is 0 Å². The maximum absolute atomic E-state index is 12.7. The van der Waals surface area contributed by atoms with Crippen molar-refractivity contribution in [3.8, 4) is 0 Å². The van der Waals surface area contributed by atoms with Crippen LogP contribution in [-0.2, 0) is 12.7 Å². The third kappa shape index (κ3) is 3.25.